The molecule has 1 N–H and O–H groups in total. The van der Waals surface area contributed by atoms with E-state index in [1.165, 1.54) is 5.56 Å². The number of rotatable bonds is 3. The molecule has 132 valence electrons. The fourth-order valence-electron chi connectivity index (χ4n) is 3.39. The molecule has 1 atom stereocenters. The molecule has 0 bridgehead atoms. The summed E-state index contributed by atoms with van der Waals surface area (Å²) >= 11 is 0. The number of aromatic nitrogens is 2. The van der Waals surface area contributed by atoms with Crippen molar-refractivity contribution in [3.63, 3.8) is 0 Å². The Hall–Kier alpha value is -3.15. The third-order valence-electron chi connectivity index (χ3n) is 4.66. The lowest BCUT2D eigenvalue weighted by molar-refractivity contribution is -0.134. The Morgan fingerprint density at radius 3 is 2.73 bits per heavy atom. The predicted octanol–water partition coefficient (Wildman–Crippen LogP) is 2.95. The maximum atomic E-state index is 13.0. The smallest absolute Gasteiger partial charge is 0.239 e. The van der Waals surface area contributed by atoms with Gasteiger partial charge in [0.25, 0.3) is 0 Å². The Balaban J connectivity index is 1.65. The molecule has 1 aliphatic rings. The van der Waals surface area contributed by atoms with Gasteiger partial charge in [-0.2, -0.15) is 0 Å². The first-order valence-electron chi connectivity index (χ1n) is 8.54. The summed E-state index contributed by atoms with van der Waals surface area (Å²) in [7, 11) is 0. The molecule has 1 aromatic heterocycles. The average Bonchev–Trinajstić information content (AvgIpc) is 3.07. The third-order valence-corrected chi connectivity index (χ3v) is 4.66. The van der Waals surface area contributed by atoms with Crippen LogP contribution in [0.15, 0.2) is 52.9 Å². The number of carbonyl (C=O) groups is 1. The number of nitrogens with zero attached hydrogens (tertiary/aromatic N) is 3. The van der Waals surface area contributed by atoms with Gasteiger partial charge in [-0.1, -0.05) is 36.4 Å². The lowest BCUT2D eigenvalue weighted by Crippen LogP contribution is -2.40. The van der Waals surface area contributed by atoms with Gasteiger partial charge < -0.3 is 14.4 Å². The summed E-state index contributed by atoms with van der Waals surface area (Å²) in [6, 6.07) is 14.6. The molecule has 6 heteroatoms. The standard InChI is InChI=1S/C20H19N3O3/c1-13-21-22-20(26-13)18-11-15-6-2-3-7-16(15)12-23(18)19(25)10-14-5-4-8-17(24)9-14/h2-9,18,24H,10-12H2,1H3/t18-/m0/s1. The molecular weight excluding hydrogens is 330 g/mol. The van der Waals surface area contributed by atoms with Crippen molar-refractivity contribution in [2.75, 3.05) is 0 Å². The monoisotopic (exact) mass is 349 g/mol. The average molecular weight is 349 g/mol. The van der Waals surface area contributed by atoms with Crippen molar-refractivity contribution < 1.29 is 14.3 Å². The minimum Gasteiger partial charge on any atom is -0.508 e. The molecule has 0 radical (unpaired) electrons. The highest BCUT2D eigenvalue weighted by Gasteiger charge is 2.34. The topological polar surface area (TPSA) is 79.5 Å². The number of phenols is 1. The predicted molar refractivity (Wildman–Crippen MR) is 94.3 cm³/mol. The van der Waals surface area contributed by atoms with E-state index in [0.29, 0.717) is 24.7 Å². The number of phenolic OH excluding ortho intramolecular Hbond substituents is 1. The highest BCUT2D eigenvalue weighted by Crippen LogP contribution is 2.33. The van der Waals surface area contributed by atoms with E-state index in [0.717, 1.165) is 11.1 Å². The third kappa shape index (κ3) is 3.18. The van der Waals surface area contributed by atoms with E-state index in [2.05, 4.69) is 16.3 Å². The van der Waals surface area contributed by atoms with Crippen LogP contribution in [0, 0.1) is 6.92 Å². The van der Waals surface area contributed by atoms with Gasteiger partial charge in [-0.3, -0.25) is 4.79 Å². The van der Waals surface area contributed by atoms with Gasteiger partial charge in [0.05, 0.1) is 6.42 Å². The van der Waals surface area contributed by atoms with Crippen LogP contribution in [0.1, 0.15) is 34.5 Å². The van der Waals surface area contributed by atoms with Gasteiger partial charge in [0.1, 0.15) is 11.8 Å². The molecule has 26 heavy (non-hydrogen) atoms. The number of aryl methyl sites for hydroxylation is 1. The van der Waals surface area contributed by atoms with Gasteiger partial charge in [-0.25, -0.2) is 0 Å². The molecule has 0 saturated heterocycles. The van der Waals surface area contributed by atoms with Gasteiger partial charge in [-0.05, 0) is 28.8 Å². The van der Waals surface area contributed by atoms with Gasteiger partial charge >= 0.3 is 0 Å². The van der Waals surface area contributed by atoms with E-state index in [9.17, 15) is 9.90 Å². The molecular formula is C20H19N3O3. The first-order valence-corrected chi connectivity index (χ1v) is 8.54. The van der Waals surface area contributed by atoms with Gasteiger partial charge in [0, 0.05) is 19.9 Å². The van der Waals surface area contributed by atoms with E-state index >= 15 is 0 Å². The Kier molecular flexibility index (Phi) is 4.16. The molecule has 2 aromatic carbocycles. The Morgan fingerprint density at radius 1 is 1.19 bits per heavy atom. The van der Waals surface area contributed by atoms with Crippen molar-refractivity contribution in [3.05, 3.63) is 77.0 Å². The second-order valence-corrected chi connectivity index (χ2v) is 6.52. The molecule has 1 amide bonds. The summed E-state index contributed by atoms with van der Waals surface area (Å²) in [6.07, 6.45) is 0.851. The minimum absolute atomic E-state index is 0.0362. The molecule has 0 aliphatic carbocycles. The Labute approximate surface area is 151 Å². The maximum absolute atomic E-state index is 13.0. The number of aromatic hydroxyl groups is 1. The zero-order chi connectivity index (χ0) is 18.1. The SMILES string of the molecule is Cc1nnc([C@@H]2Cc3ccccc3CN2C(=O)Cc2cccc(O)c2)o1. The summed E-state index contributed by atoms with van der Waals surface area (Å²) in [6.45, 7) is 2.24. The number of hydrogen-bond donors (Lipinski definition) is 1. The van der Waals surface area contributed by atoms with Crippen LogP contribution >= 0.6 is 0 Å². The van der Waals surface area contributed by atoms with Crippen molar-refractivity contribution in [1.29, 1.82) is 0 Å². The van der Waals surface area contributed by atoms with Crippen LogP contribution < -0.4 is 0 Å². The number of carbonyl (C=O) groups excluding carboxylic acids is 1. The zero-order valence-electron chi connectivity index (χ0n) is 14.4. The normalized spacial score (nSPS) is 16.3. The second kappa shape index (κ2) is 6.63. The highest BCUT2D eigenvalue weighted by molar-refractivity contribution is 5.79. The van der Waals surface area contributed by atoms with Crippen LogP contribution in [0.3, 0.4) is 0 Å². The van der Waals surface area contributed by atoms with Crippen molar-refractivity contribution in [1.82, 2.24) is 15.1 Å². The van der Waals surface area contributed by atoms with Gasteiger partial charge in [-0.15, -0.1) is 10.2 Å². The Bertz CT molecular complexity index is 951. The van der Waals surface area contributed by atoms with Crippen molar-refractivity contribution in [2.45, 2.75) is 32.4 Å². The molecule has 1 aliphatic heterocycles. The molecule has 3 aromatic rings. The molecule has 0 saturated carbocycles. The summed E-state index contributed by atoms with van der Waals surface area (Å²) in [5.74, 6) is 1.06. The van der Waals surface area contributed by atoms with Gasteiger partial charge in [0.15, 0.2) is 0 Å². The summed E-state index contributed by atoms with van der Waals surface area (Å²) in [5.41, 5.74) is 3.09. The Morgan fingerprint density at radius 2 is 2.00 bits per heavy atom. The maximum Gasteiger partial charge on any atom is 0.239 e. The first-order chi connectivity index (χ1) is 12.6. The van der Waals surface area contributed by atoms with Crippen molar-refractivity contribution in [2.24, 2.45) is 0 Å². The molecule has 0 unspecified atom stereocenters. The van der Waals surface area contributed by atoms with Crippen LogP contribution in [0.25, 0.3) is 0 Å². The van der Waals surface area contributed by atoms with Crippen LogP contribution in [0.5, 0.6) is 5.75 Å². The van der Waals surface area contributed by atoms with E-state index in [1.54, 1.807) is 30.0 Å². The van der Waals surface area contributed by atoms with Gasteiger partial charge in [0.2, 0.25) is 17.7 Å². The first kappa shape index (κ1) is 16.3. The second-order valence-electron chi connectivity index (χ2n) is 6.52. The molecule has 0 fully saturated rings. The van der Waals surface area contributed by atoms with E-state index < -0.39 is 0 Å². The number of amides is 1. The van der Waals surface area contributed by atoms with Crippen LogP contribution in [0.2, 0.25) is 0 Å². The van der Waals surface area contributed by atoms with E-state index in [-0.39, 0.29) is 24.1 Å². The van der Waals surface area contributed by atoms with E-state index in [1.807, 2.05) is 24.3 Å². The molecule has 4 rings (SSSR count). The summed E-state index contributed by atoms with van der Waals surface area (Å²) in [5, 5.41) is 17.7. The van der Waals surface area contributed by atoms with Crippen LogP contribution in [-0.4, -0.2) is 26.1 Å². The lowest BCUT2D eigenvalue weighted by atomic mass is 9.93. The largest absolute Gasteiger partial charge is 0.508 e. The quantitative estimate of drug-likeness (QED) is 0.786. The lowest BCUT2D eigenvalue weighted by Gasteiger charge is -2.35. The fraction of sp³-hybridized carbons (Fsp3) is 0.250. The summed E-state index contributed by atoms with van der Waals surface area (Å²) < 4.78 is 5.63. The molecule has 2 heterocycles. The highest BCUT2D eigenvalue weighted by atomic mass is 16.4. The molecule has 6 nitrogen and oxygen atoms in total. The van der Waals surface area contributed by atoms with Crippen LogP contribution in [-0.2, 0) is 24.2 Å². The van der Waals surface area contributed by atoms with Crippen molar-refractivity contribution in [3.8, 4) is 5.75 Å². The summed E-state index contributed by atoms with van der Waals surface area (Å²) in [4.78, 5) is 14.8. The fourth-order valence-corrected chi connectivity index (χ4v) is 3.39. The van der Waals surface area contributed by atoms with Crippen molar-refractivity contribution >= 4 is 5.91 Å². The number of hydrogen-bond acceptors (Lipinski definition) is 5. The number of benzene rings is 2. The van der Waals surface area contributed by atoms with E-state index in [4.69, 9.17) is 4.42 Å². The molecule has 0 spiro atoms. The zero-order valence-corrected chi connectivity index (χ0v) is 14.4. The minimum atomic E-state index is -0.282. The number of fused-ring (bicyclic) bond motifs is 1. The van der Waals surface area contributed by atoms with Crippen LogP contribution in [0.4, 0.5) is 0 Å².